The molecule has 2 aromatic rings. The number of carbonyl (C=O) groups is 1. The fourth-order valence-corrected chi connectivity index (χ4v) is 3.38. The summed E-state index contributed by atoms with van der Waals surface area (Å²) in [6.45, 7) is 4.21. The zero-order valence-corrected chi connectivity index (χ0v) is 15.9. The third-order valence-corrected chi connectivity index (χ3v) is 5.10. The van der Waals surface area contributed by atoms with Crippen molar-refractivity contribution in [2.24, 2.45) is 16.6 Å². The molecule has 3 rings (SSSR count). The summed E-state index contributed by atoms with van der Waals surface area (Å²) in [4.78, 5) is 20.3. The number of oxazole rings is 1. The van der Waals surface area contributed by atoms with E-state index in [1.807, 2.05) is 0 Å². The van der Waals surface area contributed by atoms with Crippen molar-refractivity contribution in [2.75, 3.05) is 0 Å². The van der Waals surface area contributed by atoms with E-state index in [9.17, 15) is 22.4 Å². The summed E-state index contributed by atoms with van der Waals surface area (Å²) in [6.07, 6.45) is -5.88. The van der Waals surface area contributed by atoms with E-state index in [0.717, 1.165) is 6.07 Å². The van der Waals surface area contributed by atoms with Gasteiger partial charge in [-0.2, -0.15) is 13.2 Å². The standard InChI is InChI=1S/C19H19F4N3O3/c1-9-16(19(21,22)23)29-17(24)26-18(9,3)12-6-11(4-5-13(12)20)7-15(27)14-8-28-10(2)25-14/h4-6,8-9,16H,7H2,1-3H3,(H2,24,26)/t9-,16-,18-/m0/s1. The van der Waals surface area contributed by atoms with Crippen molar-refractivity contribution in [3.05, 3.63) is 53.0 Å². The number of nitrogens with two attached hydrogens (primary N) is 1. The molecule has 1 aromatic carbocycles. The summed E-state index contributed by atoms with van der Waals surface area (Å²) < 4.78 is 64.5. The first-order valence-electron chi connectivity index (χ1n) is 8.74. The van der Waals surface area contributed by atoms with Crippen LogP contribution in [0.1, 0.15) is 41.4 Å². The van der Waals surface area contributed by atoms with Gasteiger partial charge in [0, 0.05) is 24.8 Å². The van der Waals surface area contributed by atoms with Crippen molar-refractivity contribution in [3.8, 4) is 0 Å². The van der Waals surface area contributed by atoms with Gasteiger partial charge in [0.25, 0.3) is 6.02 Å². The van der Waals surface area contributed by atoms with E-state index in [0.29, 0.717) is 11.5 Å². The van der Waals surface area contributed by atoms with Gasteiger partial charge in [-0.25, -0.2) is 14.4 Å². The molecular formula is C19H19F4N3O3. The molecule has 1 aliphatic rings. The monoisotopic (exact) mass is 413 g/mol. The number of nitrogens with zero attached hydrogens (tertiary/aromatic N) is 2. The van der Waals surface area contributed by atoms with E-state index >= 15 is 0 Å². The summed E-state index contributed by atoms with van der Waals surface area (Å²) in [5.41, 5.74) is 4.23. The van der Waals surface area contributed by atoms with Gasteiger partial charge in [0.05, 0.1) is 5.54 Å². The van der Waals surface area contributed by atoms with Crippen molar-refractivity contribution in [1.29, 1.82) is 0 Å². The molecule has 1 aliphatic heterocycles. The number of amidine groups is 1. The molecule has 0 saturated heterocycles. The lowest BCUT2D eigenvalue weighted by Crippen LogP contribution is -2.52. The molecule has 1 aromatic heterocycles. The third-order valence-electron chi connectivity index (χ3n) is 5.10. The van der Waals surface area contributed by atoms with Gasteiger partial charge in [-0.15, -0.1) is 0 Å². The maximum Gasteiger partial charge on any atom is 0.425 e. The maximum absolute atomic E-state index is 14.6. The molecule has 0 amide bonds. The lowest BCUT2D eigenvalue weighted by atomic mass is 9.76. The van der Waals surface area contributed by atoms with Crippen molar-refractivity contribution < 1.29 is 31.5 Å². The molecule has 0 aliphatic carbocycles. The number of carbonyl (C=O) groups excluding carboxylic acids is 1. The molecule has 10 heteroatoms. The Balaban J connectivity index is 1.98. The van der Waals surface area contributed by atoms with Crippen LogP contribution in [0.3, 0.4) is 0 Å². The van der Waals surface area contributed by atoms with Crippen LogP contribution in [-0.4, -0.2) is 29.1 Å². The second kappa shape index (κ2) is 7.16. The quantitative estimate of drug-likeness (QED) is 0.610. The zero-order chi connectivity index (χ0) is 21.6. The van der Waals surface area contributed by atoms with E-state index in [1.165, 1.54) is 32.2 Å². The van der Waals surface area contributed by atoms with Gasteiger partial charge in [0.1, 0.15) is 17.8 Å². The van der Waals surface area contributed by atoms with Crippen LogP contribution < -0.4 is 5.73 Å². The molecule has 0 saturated carbocycles. The summed E-state index contributed by atoms with van der Waals surface area (Å²) >= 11 is 0. The summed E-state index contributed by atoms with van der Waals surface area (Å²) in [6, 6.07) is 3.12. The minimum atomic E-state index is -4.71. The van der Waals surface area contributed by atoms with Crippen LogP contribution in [0, 0.1) is 18.7 Å². The number of hydrogen-bond acceptors (Lipinski definition) is 6. The Kier molecular flexibility index (Phi) is 5.14. The average molecular weight is 413 g/mol. The minimum absolute atomic E-state index is 0.105. The number of halogens is 4. The van der Waals surface area contributed by atoms with Crippen molar-refractivity contribution in [1.82, 2.24) is 4.98 Å². The lowest BCUT2D eigenvalue weighted by molar-refractivity contribution is -0.223. The van der Waals surface area contributed by atoms with Gasteiger partial charge < -0.3 is 14.9 Å². The molecule has 0 bridgehead atoms. The summed E-state index contributed by atoms with van der Waals surface area (Å²) in [7, 11) is 0. The fraction of sp³-hybridized carbons (Fsp3) is 0.421. The topological polar surface area (TPSA) is 90.7 Å². The number of benzene rings is 1. The molecule has 3 atom stereocenters. The third kappa shape index (κ3) is 3.96. The predicted octanol–water partition coefficient (Wildman–Crippen LogP) is 3.67. The molecule has 0 fully saturated rings. The van der Waals surface area contributed by atoms with Crippen LogP contribution in [0.4, 0.5) is 17.6 Å². The smallest absolute Gasteiger partial charge is 0.425 e. The van der Waals surface area contributed by atoms with Gasteiger partial charge >= 0.3 is 6.18 Å². The highest BCUT2D eigenvalue weighted by atomic mass is 19.4. The zero-order valence-electron chi connectivity index (χ0n) is 15.9. The first kappa shape index (κ1) is 20.8. The van der Waals surface area contributed by atoms with Gasteiger partial charge in [-0.1, -0.05) is 13.0 Å². The Labute approximate surface area is 163 Å². The van der Waals surface area contributed by atoms with Crippen LogP contribution in [-0.2, 0) is 16.7 Å². The maximum atomic E-state index is 14.6. The van der Waals surface area contributed by atoms with Crippen molar-refractivity contribution >= 4 is 11.8 Å². The highest BCUT2D eigenvalue weighted by molar-refractivity contribution is 5.95. The van der Waals surface area contributed by atoms with Crippen LogP contribution in [0.25, 0.3) is 0 Å². The Morgan fingerprint density at radius 3 is 2.62 bits per heavy atom. The van der Waals surface area contributed by atoms with E-state index < -0.39 is 35.6 Å². The lowest BCUT2D eigenvalue weighted by Gasteiger charge is -2.41. The number of ether oxygens (including phenoxy) is 1. The number of alkyl halides is 3. The Bertz CT molecular complexity index is 970. The molecule has 0 unspecified atom stereocenters. The van der Waals surface area contributed by atoms with Crippen LogP contribution >= 0.6 is 0 Å². The Hall–Kier alpha value is -2.91. The molecule has 6 nitrogen and oxygen atoms in total. The summed E-state index contributed by atoms with van der Waals surface area (Å²) in [5.74, 6) is -2.08. The van der Waals surface area contributed by atoms with Crippen LogP contribution in [0.15, 0.2) is 33.9 Å². The second-order valence-corrected chi connectivity index (χ2v) is 7.13. The predicted molar refractivity (Wildman–Crippen MR) is 94.7 cm³/mol. The highest BCUT2D eigenvalue weighted by Gasteiger charge is 2.55. The van der Waals surface area contributed by atoms with Crippen molar-refractivity contribution in [2.45, 2.75) is 45.0 Å². The Morgan fingerprint density at radius 2 is 2.03 bits per heavy atom. The number of ketones is 1. The molecular weight excluding hydrogens is 394 g/mol. The highest BCUT2D eigenvalue weighted by Crippen LogP contribution is 2.45. The number of aliphatic imine (C=N–C) groups is 1. The number of Topliss-reactive ketones (excluding diaryl/α,β-unsaturated/α-hetero) is 1. The normalized spacial score (nSPS) is 24.7. The van der Waals surface area contributed by atoms with Gasteiger partial charge in [0.15, 0.2) is 11.7 Å². The largest absolute Gasteiger partial charge is 0.452 e. The molecule has 0 radical (unpaired) electrons. The summed E-state index contributed by atoms with van der Waals surface area (Å²) in [5, 5.41) is 0. The second-order valence-electron chi connectivity index (χ2n) is 7.13. The van der Waals surface area contributed by atoms with Gasteiger partial charge in [-0.05, 0) is 24.6 Å². The van der Waals surface area contributed by atoms with Crippen LogP contribution in [0.5, 0.6) is 0 Å². The van der Waals surface area contributed by atoms with Crippen molar-refractivity contribution in [3.63, 3.8) is 0 Å². The van der Waals surface area contributed by atoms with E-state index in [4.69, 9.17) is 10.2 Å². The van der Waals surface area contributed by atoms with Gasteiger partial charge in [0.2, 0.25) is 6.10 Å². The number of aromatic nitrogens is 1. The molecule has 156 valence electrons. The number of rotatable bonds is 4. The molecule has 2 N–H and O–H groups in total. The minimum Gasteiger partial charge on any atom is -0.452 e. The average Bonchev–Trinajstić information content (AvgIpc) is 3.05. The van der Waals surface area contributed by atoms with E-state index in [2.05, 4.69) is 14.7 Å². The molecule has 2 heterocycles. The molecule has 0 spiro atoms. The first-order chi connectivity index (χ1) is 13.4. The first-order valence-corrected chi connectivity index (χ1v) is 8.74. The van der Waals surface area contributed by atoms with Gasteiger partial charge in [-0.3, -0.25) is 4.79 Å². The van der Waals surface area contributed by atoms with E-state index in [1.54, 1.807) is 6.92 Å². The fourth-order valence-electron chi connectivity index (χ4n) is 3.38. The SMILES string of the molecule is Cc1nc(C(=O)Cc2ccc(F)c([C@@]3(C)N=C(N)O[C@H](C(F)(F)F)[C@@H]3C)c2)co1. The van der Waals surface area contributed by atoms with E-state index in [-0.39, 0.29) is 23.5 Å². The number of aryl methyl sites for hydroxylation is 1. The Morgan fingerprint density at radius 1 is 1.34 bits per heavy atom. The molecule has 29 heavy (non-hydrogen) atoms. The number of hydrogen-bond donors (Lipinski definition) is 1. The van der Waals surface area contributed by atoms with Crippen LogP contribution in [0.2, 0.25) is 0 Å².